The van der Waals surface area contributed by atoms with E-state index in [1.807, 2.05) is 28.8 Å². The second-order valence-electron chi connectivity index (χ2n) is 9.83. The molecule has 2 saturated heterocycles. The normalized spacial score (nSPS) is 21.2. The van der Waals surface area contributed by atoms with Crippen LogP contribution in [-0.4, -0.2) is 39.3 Å². The summed E-state index contributed by atoms with van der Waals surface area (Å²) in [5.74, 6) is 0.725. The summed E-state index contributed by atoms with van der Waals surface area (Å²) in [4.78, 5) is 22.4. The van der Waals surface area contributed by atoms with Crippen LogP contribution in [-0.2, 0) is 13.6 Å². The maximum atomic E-state index is 13.3. The summed E-state index contributed by atoms with van der Waals surface area (Å²) >= 11 is 0. The summed E-state index contributed by atoms with van der Waals surface area (Å²) in [7, 11) is 1.80. The van der Waals surface area contributed by atoms with E-state index in [0.29, 0.717) is 18.6 Å². The third kappa shape index (κ3) is 3.07. The Bertz CT molecular complexity index is 1160. The molecule has 4 heterocycles. The van der Waals surface area contributed by atoms with Gasteiger partial charge in [-0.25, -0.2) is 14.2 Å². The summed E-state index contributed by atoms with van der Waals surface area (Å²) in [6.45, 7) is 8.85. The van der Waals surface area contributed by atoms with Crippen molar-refractivity contribution in [3.05, 3.63) is 52.7 Å². The Labute approximate surface area is 175 Å². The quantitative estimate of drug-likeness (QED) is 0.665. The van der Waals surface area contributed by atoms with Crippen LogP contribution >= 0.6 is 0 Å². The molecule has 7 heteroatoms. The predicted octanol–water partition coefficient (Wildman–Crippen LogP) is 3.39. The van der Waals surface area contributed by atoms with Crippen LogP contribution in [0.15, 0.2) is 41.2 Å². The average Bonchev–Trinajstić information content (AvgIpc) is 3.36. The minimum Gasteiger partial charge on any atom is -0.365 e. The fourth-order valence-corrected chi connectivity index (χ4v) is 4.95. The zero-order valence-electron chi connectivity index (χ0n) is 18.0. The lowest BCUT2D eigenvalue weighted by atomic mass is 9.97. The molecule has 158 valence electrons. The van der Waals surface area contributed by atoms with Crippen molar-refractivity contribution in [1.29, 1.82) is 0 Å². The van der Waals surface area contributed by atoms with Gasteiger partial charge in [0, 0.05) is 38.4 Å². The van der Waals surface area contributed by atoms with Crippen LogP contribution in [0.1, 0.15) is 27.2 Å². The van der Waals surface area contributed by atoms with Gasteiger partial charge in [-0.05, 0) is 48.2 Å². The summed E-state index contributed by atoms with van der Waals surface area (Å²) in [5, 5.41) is 0. The van der Waals surface area contributed by atoms with Gasteiger partial charge in [-0.1, -0.05) is 20.8 Å². The van der Waals surface area contributed by atoms with Crippen LogP contribution in [0.3, 0.4) is 0 Å². The van der Waals surface area contributed by atoms with E-state index >= 15 is 0 Å². The first-order valence-corrected chi connectivity index (χ1v) is 10.6. The number of aromatic nitrogens is 3. The van der Waals surface area contributed by atoms with E-state index in [2.05, 4.69) is 30.6 Å². The number of halogens is 1. The lowest BCUT2D eigenvalue weighted by Gasteiger charge is -2.36. The first-order valence-electron chi connectivity index (χ1n) is 10.6. The van der Waals surface area contributed by atoms with E-state index in [4.69, 9.17) is 4.98 Å². The van der Waals surface area contributed by atoms with E-state index in [-0.39, 0.29) is 16.9 Å². The Balaban J connectivity index is 1.42. The number of imidazole rings is 1. The lowest BCUT2D eigenvalue weighted by Crippen LogP contribution is -2.46. The molecule has 2 atom stereocenters. The maximum absolute atomic E-state index is 13.3. The standard InChI is InChI=1S/C23H28FN5O/c1-23(2,3)14-29-19-9-10-20(25-21(19)26(4)22(29)30)28-13-17-11-18(28)12-27(17)16-7-5-15(24)6-8-16/h5-10,17-18H,11-14H2,1-4H3/t17-,18-/m0/s1. The minimum atomic E-state index is -0.203. The van der Waals surface area contributed by atoms with Crippen LogP contribution < -0.4 is 15.5 Å². The monoisotopic (exact) mass is 409 g/mol. The lowest BCUT2D eigenvalue weighted by molar-refractivity contribution is 0.342. The summed E-state index contributed by atoms with van der Waals surface area (Å²) in [6, 6.07) is 11.6. The molecule has 0 N–H and O–H groups in total. The van der Waals surface area contributed by atoms with Crippen LogP contribution in [0.4, 0.5) is 15.9 Å². The van der Waals surface area contributed by atoms with Crippen LogP contribution in [0, 0.1) is 11.2 Å². The fourth-order valence-electron chi connectivity index (χ4n) is 4.95. The summed E-state index contributed by atoms with van der Waals surface area (Å²) < 4.78 is 16.8. The molecule has 2 bridgehead atoms. The number of rotatable bonds is 3. The highest BCUT2D eigenvalue weighted by molar-refractivity contribution is 5.74. The van der Waals surface area contributed by atoms with Crippen LogP contribution in [0.25, 0.3) is 11.2 Å². The average molecular weight is 410 g/mol. The number of nitrogens with zero attached hydrogens (tertiary/aromatic N) is 5. The SMILES string of the molecule is Cn1c(=O)n(CC(C)(C)C)c2ccc(N3C[C@@H]4C[C@H]3CN4c3ccc(F)cc3)nc21. The maximum Gasteiger partial charge on any atom is 0.330 e. The van der Waals surface area contributed by atoms with Crippen molar-refractivity contribution in [2.24, 2.45) is 12.5 Å². The van der Waals surface area contributed by atoms with Gasteiger partial charge in [0.2, 0.25) is 0 Å². The Morgan fingerprint density at radius 3 is 2.33 bits per heavy atom. The van der Waals surface area contributed by atoms with Crippen molar-refractivity contribution in [3.63, 3.8) is 0 Å². The zero-order chi connectivity index (χ0) is 21.2. The molecule has 0 radical (unpaired) electrons. The van der Waals surface area contributed by atoms with Gasteiger partial charge in [0.05, 0.1) is 11.6 Å². The number of piperazine rings is 1. The van der Waals surface area contributed by atoms with Crippen molar-refractivity contribution in [3.8, 4) is 0 Å². The summed E-state index contributed by atoms with van der Waals surface area (Å²) in [6.07, 6.45) is 1.07. The number of fused-ring (bicyclic) bond motifs is 3. The third-order valence-electron chi connectivity index (χ3n) is 6.29. The van der Waals surface area contributed by atoms with E-state index < -0.39 is 0 Å². The zero-order valence-corrected chi connectivity index (χ0v) is 18.0. The molecule has 0 spiro atoms. The first-order chi connectivity index (χ1) is 14.2. The summed E-state index contributed by atoms with van der Waals surface area (Å²) in [5.41, 5.74) is 2.69. The molecular weight excluding hydrogens is 381 g/mol. The number of anilines is 2. The molecule has 2 fully saturated rings. The topological polar surface area (TPSA) is 46.3 Å². The number of aryl methyl sites for hydroxylation is 1. The van der Waals surface area contributed by atoms with Crippen molar-refractivity contribution < 1.29 is 4.39 Å². The molecule has 2 aliphatic rings. The van der Waals surface area contributed by atoms with Gasteiger partial charge in [-0.2, -0.15) is 0 Å². The highest BCUT2D eigenvalue weighted by atomic mass is 19.1. The molecular formula is C23H28FN5O. The molecule has 2 aromatic heterocycles. The Kier molecular flexibility index (Phi) is 4.21. The van der Waals surface area contributed by atoms with Gasteiger partial charge < -0.3 is 9.80 Å². The molecule has 0 saturated carbocycles. The van der Waals surface area contributed by atoms with Gasteiger partial charge in [-0.3, -0.25) is 9.13 Å². The first kappa shape index (κ1) is 19.2. The largest absolute Gasteiger partial charge is 0.365 e. The molecule has 30 heavy (non-hydrogen) atoms. The van der Waals surface area contributed by atoms with Gasteiger partial charge in [-0.15, -0.1) is 0 Å². The molecule has 0 aliphatic carbocycles. The van der Waals surface area contributed by atoms with Crippen molar-refractivity contribution in [2.75, 3.05) is 22.9 Å². The molecule has 5 rings (SSSR count). The number of hydrogen-bond acceptors (Lipinski definition) is 4. The second kappa shape index (κ2) is 6.59. The number of hydrogen-bond donors (Lipinski definition) is 0. The predicted molar refractivity (Wildman–Crippen MR) is 118 cm³/mol. The van der Waals surface area contributed by atoms with Crippen molar-refractivity contribution in [2.45, 2.75) is 45.8 Å². The fraction of sp³-hybridized carbons (Fsp3) is 0.478. The van der Waals surface area contributed by atoms with E-state index in [1.165, 1.54) is 12.1 Å². The van der Waals surface area contributed by atoms with Crippen LogP contribution in [0.5, 0.6) is 0 Å². The Morgan fingerprint density at radius 2 is 1.70 bits per heavy atom. The number of pyridine rings is 1. The second-order valence-corrected chi connectivity index (χ2v) is 9.83. The molecule has 1 aromatic carbocycles. The van der Waals surface area contributed by atoms with Gasteiger partial charge in [0.1, 0.15) is 11.6 Å². The minimum absolute atomic E-state index is 0.00863. The van der Waals surface area contributed by atoms with Crippen molar-refractivity contribution in [1.82, 2.24) is 14.1 Å². The van der Waals surface area contributed by atoms with Gasteiger partial charge in [0.25, 0.3) is 0 Å². The van der Waals surface area contributed by atoms with Crippen LogP contribution in [0.2, 0.25) is 0 Å². The molecule has 2 aliphatic heterocycles. The van der Waals surface area contributed by atoms with Crippen molar-refractivity contribution >= 4 is 22.7 Å². The van der Waals surface area contributed by atoms with E-state index in [0.717, 1.165) is 42.2 Å². The highest BCUT2D eigenvalue weighted by Crippen LogP contribution is 2.37. The Hall–Kier alpha value is -2.83. The third-order valence-corrected chi connectivity index (χ3v) is 6.29. The smallest absolute Gasteiger partial charge is 0.330 e. The van der Waals surface area contributed by atoms with Gasteiger partial charge >= 0.3 is 5.69 Å². The molecule has 0 unspecified atom stereocenters. The van der Waals surface area contributed by atoms with Gasteiger partial charge in [0.15, 0.2) is 5.65 Å². The highest BCUT2D eigenvalue weighted by Gasteiger charge is 2.44. The Morgan fingerprint density at radius 1 is 1.03 bits per heavy atom. The van der Waals surface area contributed by atoms with E-state index in [9.17, 15) is 9.18 Å². The molecule has 6 nitrogen and oxygen atoms in total. The number of benzene rings is 1. The molecule has 3 aromatic rings. The molecule has 0 amide bonds. The van der Waals surface area contributed by atoms with E-state index in [1.54, 1.807) is 11.6 Å².